The number of hydrogen-bond acceptors (Lipinski definition) is 1. The molecule has 152 valence electrons. The van der Waals surface area contributed by atoms with Gasteiger partial charge in [0.1, 0.15) is 0 Å². The Bertz CT molecular complexity index is 1190. The van der Waals surface area contributed by atoms with Crippen molar-refractivity contribution in [3.8, 4) is 0 Å². The van der Waals surface area contributed by atoms with Crippen LogP contribution in [0, 0.1) is 20.8 Å². The van der Waals surface area contributed by atoms with Crippen LogP contribution in [0.5, 0.6) is 0 Å². The molecule has 1 amide bonds. The highest BCUT2D eigenvalue weighted by molar-refractivity contribution is 5.99. The van der Waals surface area contributed by atoms with Crippen molar-refractivity contribution in [3.05, 3.63) is 106 Å². The summed E-state index contributed by atoms with van der Waals surface area (Å²) in [5.41, 5.74) is 8.22. The van der Waals surface area contributed by atoms with Gasteiger partial charge in [0, 0.05) is 35.2 Å². The van der Waals surface area contributed by atoms with Gasteiger partial charge in [-0.2, -0.15) is 0 Å². The van der Waals surface area contributed by atoms with Crippen LogP contribution in [0.15, 0.2) is 72.8 Å². The lowest BCUT2D eigenvalue weighted by molar-refractivity contribution is 0.0954. The Labute approximate surface area is 178 Å². The molecule has 0 spiro atoms. The van der Waals surface area contributed by atoms with Crippen molar-refractivity contribution in [3.63, 3.8) is 0 Å². The minimum atomic E-state index is -0.0171. The molecule has 0 unspecified atom stereocenters. The van der Waals surface area contributed by atoms with Crippen LogP contribution in [-0.2, 0) is 13.0 Å². The molecule has 1 aromatic heterocycles. The normalized spacial score (nSPS) is 11.0. The SMILES string of the molecule is Cc1ccccc1Cn1c(C)c(C)c2cc(C(=O)NCCc3ccccc3)ccc21. The molecule has 0 bridgehead atoms. The number of aromatic nitrogens is 1. The third-order valence-electron chi connectivity index (χ3n) is 6.03. The first-order valence-electron chi connectivity index (χ1n) is 10.5. The third kappa shape index (κ3) is 4.02. The van der Waals surface area contributed by atoms with E-state index in [2.05, 4.69) is 73.1 Å². The predicted octanol–water partition coefficient (Wildman–Crippen LogP) is 5.59. The maximum atomic E-state index is 12.7. The molecule has 0 radical (unpaired) electrons. The van der Waals surface area contributed by atoms with E-state index in [9.17, 15) is 4.79 Å². The molecule has 0 atom stereocenters. The summed E-state index contributed by atoms with van der Waals surface area (Å²) >= 11 is 0. The van der Waals surface area contributed by atoms with Crippen molar-refractivity contribution in [2.24, 2.45) is 0 Å². The van der Waals surface area contributed by atoms with Crippen molar-refractivity contribution in [2.75, 3.05) is 6.54 Å². The zero-order chi connectivity index (χ0) is 21.1. The molecule has 0 aliphatic rings. The van der Waals surface area contributed by atoms with E-state index < -0.39 is 0 Å². The second kappa shape index (κ2) is 8.58. The molecular weight excluding hydrogens is 368 g/mol. The predicted molar refractivity (Wildman–Crippen MR) is 124 cm³/mol. The van der Waals surface area contributed by atoms with Crippen molar-refractivity contribution >= 4 is 16.8 Å². The molecule has 4 aromatic rings. The molecule has 1 N–H and O–H groups in total. The van der Waals surface area contributed by atoms with Crippen molar-refractivity contribution < 1.29 is 4.79 Å². The molecule has 4 rings (SSSR count). The quantitative estimate of drug-likeness (QED) is 0.453. The Hall–Kier alpha value is -3.33. The lowest BCUT2D eigenvalue weighted by Gasteiger charge is -2.11. The topological polar surface area (TPSA) is 34.0 Å². The van der Waals surface area contributed by atoms with Gasteiger partial charge in [-0.05, 0) is 67.6 Å². The first-order valence-corrected chi connectivity index (χ1v) is 10.5. The largest absolute Gasteiger partial charge is 0.352 e. The van der Waals surface area contributed by atoms with Crippen LogP contribution in [-0.4, -0.2) is 17.0 Å². The monoisotopic (exact) mass is 396 g/mol. The molecule has 1 heterocycles. The summed E-state index contributed by atoms with van der Waals surface area (Å²) in [7, 11) is 0. The van der Waals surface area contributed by atoms with Crippen LogP contribution < -0.4 is 5.32 Å². The van der Waals surface area contributed by atoms with Gasteiger partial charge < -0.3 is 9.88 Å². The van der Waals surface area contributed by atoms with Gasteiger partial charge in [0.05, 0.1) is 0 Å². The summed E-state index contributed by atoms with van der Waals surface area (Å²) in [5, 5.41) is 4.20. The zero-order valence-electron chi connectivity index (χ0n) is 17.9. The van der Waals surface area contributed by atoms with E-state index in [-0.39, 0.29) is 5.91 Å². The third-order valence-corrected chi connectivity index (χ3v) is 6.03. The molecule has 3 aromatic carbocycles. The fourth-order valence-corrected chi connectivity index (χ4v) is 4.02. The number of fused-ring (bicyclic) bond motifs is 1. The Kier molecular flexibility index (Phi) is 5.71. The van der Waals surface area contributed by atoms with E-state index in [4.69, 9.17) is 0 Å². The van der Waals surface area contributed by atoms with Gasteiger partial charge in [0.15, 0.2) is 0 Å². The fourth-order valence-electron chi connectivity index (χ4n) is 4.02. The summed E-state index contributed by atoms with van der Waals surface area (Å²) in [6.07, 6.45) is 0.833. The van der Waals surface area contributed by atoms with Crippen LogP contribution in [0.25, 0.3) is 10.9 Å². The second-order valence-corrected chi connectivity index (χ2v) is 7.95. The Morgan fingerprint density at radius 1 is 0.900 bits per heavy atom. The minimum Gasteiger partial charge on any atom is -0.352 e. The molecule has 0 aliphatic heterocycles. The van der Waals surface area contributed by atoms with Crippen LogP contribution in [0.4, 0.5) is 0 Å². The zero-order valence-corrected chi connectivity index (χ0v) is 17.9. The van der Waals surface area contributed by atoms with Gasteiger partial charge in [-0.25, -0.2) is 0 Å². The number of rotatable bonds is 6. The Morgan fingerprint density at radius 2 is 1.63 bits per heavy atom. The molecule has 0 fully saturated rings. The number of carbonyl (C=O) groups is 1. The molecule has 3 nitrogen and oxygen atoms in total. The van der Waals surface area contributed by atoms with Crippen molar-refractivity contribution in [1.82, 2.24) is 9.88 Å². The van der Waals surface area contributed by atoms with E-state index >= 15 is 0 Å². The van der Waals surface area contributed by atoms with Gasteiger partial charge in [-0.15, -0.1) is 0 Å². The molecule has 0 aliphatic carbocycles. The highest BCUT2D eigenvalue weighted by atomic mass is 16.1. The lowest BCUT2D eigenvalue weighted by atomic mass is 10.1. The van der Waals surface area contributed by atoms with Crippen molar-refractivity contribution in [1.29, 1.82) is 0 Å². The second-order valence-electron chi connectivity index (χ2n) is 7.95. The number of benzene rings is 3. The smallest absolute Gasteiger partial charge is 0.251 e. The summed E-state index contributed by atoms with van der Waals surface area (Å²) < 4.78 is 2.35. The Morgan fingerprint density at radius 3 is 2.40 bits per heavy atom. The van der Waals surface area contributed by atoms with E-state index in [1.165, 1.54) is 33.5 Å². The number of carbonyl (C=O) groups excluding carboxylic acids is 1. The van der Waals surface area contributed by atoms with Gasteiger partial charge in [0.25, 0.3) is 5.91 Å². The van der Waals surface area contributed by atoms with E-state index in [0.29, 0.717) is 12.1 Å². The highest BCUT2D eigenvalue weighted by Gasteiger charge is 2.14. The van der Waals surface area contributed by atoms with Crippen LogP contribution in [0.1, 0.15) is 38.3 Å². The summed E-state index contributed by atoms with van der Waals surface area (Å²) in [6, 6.07) is 24.8. The van der Waals surface area contributed by atoms with Crippen molar-refractivity contribution in [2.45, 2.75) is 33.7 Å². The standard InChI is InChI=1S/C27H28N2O/c1-19-9-7-8-12-24(19)18-29-21(3)20(2)25-17-23(13-14-26(25)29)27(30)28-16-15-22-10-5-4-6-11-22/h4-14,17H,15-16,18H2,1-3H3,(H,28,30). The number of nitrogens with one attached hydrogen (secondary N) is 1. The molecular formula is C27H28N2O. The average Bonchev–Trinajstić information content (AvgIpc) is 3.00. The molecule has 30 heavy (non-hydrogen) atoms. The minimum absolute atomic E-state index is 0.0171. The lowest BCUT2D eigenvalue weighted by Crippen LogP contribution is -2.25. The maximum absolute atomic E-state index is 12.7. The first-order chi connectivity index (χ1) is 14.5. The van der Waals surface area contributed by atoms with Gasteiger partial charge >= 0.3 is 0 Å². The summed E-state index contributed by atoms with van der Waals surface area (Å²) in [5.74, 6) is -0.0171. The Balaban J connectivity index is 1.55. The molecule has 0 saturated carbocycles. The molecule has 3 heteroatoms. The maximum Gasteiger partial charge on any atom is 0.251 e. The van der Waals surface area contributed by atoms with Gasteiger partial charge in [-0.3, -0.25) is 4.79 Å². The number of aryl methyl sites for hydroxylation is 2. The average molecular weight is 397 g/mol. The van der Waals surface area contributed by atoms with Gasteiger partial charge in [-0.1, -0.05) is 54.6 Å². The van der Waals surface area contributed by atoms with Gasteiger partial charge in [0.2, 0.25) is 0 Å². The van der Waals surface area contributed by atoms with E-state index in [1.54, 1.807) is 0 Å². The first kappa shape index (κ1) is 20.0. The summed E-state index contributed by atoms with van der Waals surface area (Å²) in [4.78, 5) is 12.7. The van der Waals surface area contributed by atoms with Crippen LogP contribution >= 0.6 is 0 Å². The number of amides is 1. The highest BCUT2D eigenvalue weighted by Crippen LogP contribution is 2.27. The fraction of sp³-hybridized carbons (Fsp3) is 0.222. The number of nitrogens with zero attached hydrogens (tertiary/aromatic N) is 1. The van der Waals surface area contributed by atoms with Crippen LogP contribution in [0.2, 0.25) is 0 Å². The molecule has 0 saturated heterocycles. The van der Waals surface area contributed by atoms with E-state index in [0.717, 1.165) is 18.4 Å². The van der Waals surface area contributed by atoms with Crippen LogP contribution in [0.3, 0.4) is 0 Å². The summed E-state index contributed by atoms with van der Waals surface area (Å²) in [6.45, 7) is 7.93. The van der Waals surface area contributed by atoms with E-state index in [1.807, 2.05) is 30.3 Å². The number of hydrogen-bond donors (Lipinski definition) is 1.